The molecule has 0 spiro atoms. The quantitative estimate of drug-likeness (QED) is 0.349. The normalized spacial score (nSPS) is 17.8. The molecule has 0 unspecified atom stereocenters. The fourth-order valence-corrected chi connectivity index (χ4v) is 0.734. The minimum Gasteiger partial charge on any atom is -0.293 e. The van der Waals surface area contributed by atoms with Gasteiger partial charge >= 0.3 is 0 Å². The third-order valence-electron chi connectivity index (χ3n) is 1.23. The minimum absolute atomic E-state index is 0.0903. The van der Waals surface area contributed by atoms with Crippen molar-refractivity contribution in [3.05, 3.63) is 17.7 Å². The van der Waals surface area contributed by atoms with E-state index in [1.165, 1.54) is 6.08 Å². The summed E-state index contributed by atoms with van der Waals surface area (Å²) in [5, 5.41) is 0. The van der Waals surface area contributed by atoms with Crippen molar-refractivity contribution in [1.29, 1.82) is 0 Å². The van der Waals surface area contributed by atoms with Crippen molar-refractivity contribution in [2.75, 3.05) is 0 Å². The van der Waals surface area contributed by atoms with Crippen molar-refractivity contribution in [3.8, 4) is 0 Å². The van der Waals surface area contributed by atoms with E-state index in [1.807, 2.05) is 6.08 Å². The van der Waals surface area contributed by atoms with Gasteiger partial charge in [0.1, 0.15) is 11.5 Å². The third-order valence-corrected chi connectivity index (χ3v) is 1.23. The van der Waals surface area contributed by atoms with E-state index in [0.29, 0.717) is 6.42 Å². The maximum Gasteiger partial charge on any atom is 0.174 e. The van der Waals surface area contributed by atoms with Gasteiger partial charge in [-0.2, -0.15) is 0 Å². The highest BCUT2D eigenvalue weighted by molar-refractivity contribution is 6.05. The molecule has 46 valence electrons. The summed E-state index contributed by atoms with van der Waals surface area (Å²) in [5.41, 5.74) is 0.182. The van der Waals surface area contributed by atoms with E-state index in [-0.39, 0.29) is 11.4 Å². The van der Waals surface area contributed by atoms with Crippen LogP contribution in [0.3, 0.4) is 0 Å². The average Bonchev–Trinajstić information content (AvgIpc) is 1.89. The summed E-state index contributed by atoms with van der Waals surface area (Å²) < 4.78 is 0. The first-order valence-corrected chi connectivity index (χ1v) is 2.79. The van der Waals surface area contributed by atoms with Gasteiger partial charge in [0.25, 0.3) is 0 Å². The first-order chi connectivity index (χ1) is 4.34. The number of carbonyl (C=O) groups excluding carboxylic acids is 2. The van der Waals surface area contributed by atoms with Crippen LogP contribution in [0.2, 0.25) is 0 Å². The molecule has 2 heteroatoms. The van der Waals surface area contributed by atoms with Crippen LogP contribution in [0, 0.1) is 0 Å². The molecular weight excluding hydrogens is 116 g/mol. The van der Waals surface area contributed by atoms with Gasteiger partial charge in [-0.3, -0.25) is 4.79 Å². The first kappa shape index (κ1) is 5.99. The van der Waals surface area contributed by atoms with E-state index in [0.717, 1.165) is 6.42 Å². The van der Waals surface area contributed by atoms with Gasteiger partial charge in [0.05, 0.1) is 0 Å². The largest absolute Gasteiger partial charge is 0.293 e. The van der Waals surface area contributed by atoms with Crippen LogP contribution in [-0.2, 0) is 9.59 Å². The summed E-state index contributed by atoms with van der Waals surface area (Å²) in [6.45, 7) is 0. The molecule has 0 aromatic carbocycles. The van der Waals surface area contributed by atoms with Crippen molar-refractivity contribution < 1.29 is 9.59 Å². The van der Waals surface area contributed by atoms with Gasteiger partial charge in [0, 0.05) is 6.42 Å². The van der Waals surface area contributed by atoms with Gasteiger partial charge in [0.2, 0.25) is 0 Å². The molecule has 1 rings (SSSR count). The highest BCUT2D eigenvalue weighted by Crippen LogP contribution is 2.08. The van der Waals surface area contributed by atoms with Crippen LogP contribution in [0.4, 0.5) is 0 Å². The standard InChI is InChI=1S/C7H6O2/c8-5-6-3-1-2-4-7(6)9/h1,3H,2,4H2. The van der Waals surface area contributed by atoms with Gasteiger partial charge in [-0.25, -0.2) is 4.79 Å². The van der Waals surface area contributed by atoms with Gasteiger partial charge in [-0.15, -0.1) is 0 Å². The second kappa shape index (κ2) is 2.42. The average molecular weight is 122 g/mol. The Morgan fingerprint density at radius 2 is 2.33 bits per heavy atom. The zero-order chi connectivity index (χ0) is 6.69. The molecule has 0 saturated heterocycles. The lowest BCUT2D eigenvalue weighted by Crippen LogP contribution is -2.03. The molecule has 0 atom stereocenters. The van der Waals surface area contributed by atoms with Crippen molar-refractivity contribution in [2.45, 2.75) is 12.8 Å². The van der Waals surface area contributed by atoms with E-state index >= 15 is 0 Å². The second-order valence-corrected chi connectivity index (χ2v) is 1.88. The second-order valence-electron chi connectivity index (χ2n) is 1.88. The van der Waals surface area contributed by atoms with Crippen LogP contribution in [0.15, 0.2) is 17.7 Å². The van der Waals surface area contributed by atoms with Crippen molar-refractivity contribution >= 4 is 11.7 Å². The number of carbonyl (C=O) groups is 1. The van der Waals surface area contributed by atoms with E-state index in [9.17, 15) is 9.59 Å². The van der Waals surface area contributed by atoms with Crippen LogP contribution < -0.4 is 0 Å². The van der Waals surface area contributed by atoms with Crippen molar-refractivity contribution in [1.82, 2.24) is 0 Å². The van der Waals surface area contributed by atoms with Crippen LogP contribution in [0.25, 0.3) is 0 Å². The summed E-state index contributed by atoms with van der Waals surface area (Å²) in [6, 6.07) is 0. The van der Waals surface area contributed by atoms with E-state index in [1.54, 1.807) is 5.94 Å². The van der Waals surface area contributed by atoms with Crippen LogP contribution in [-0.4, -0.2) is 11.7 Å². The summed E-state index contributed by atoms with van der Waals surface area (Å²) >= 11 is 0. The molecule has 0 radical (unpaired) electrons. The number of allylic oxidation sites excluding steroid dienone is 3. The highest BCUT2D eigenvalue weighted by Gasteiger charge is 2.09. The van der Waals surface area contributed by atoms with Crippen LogP contribution in [0.5, 0.6) is 0 Å². The van der Waals surface area contributed by atoms with E-state index in [4.69, 9.17) is 0 Å². The number of ketones is 1. The molecule has 0 aromatic heterocycles. The first-order valence-electron chi connectivity index (χ1n) is 2.79. The predicted molar refractivity (Wildman–Crippen MR) is 32.6 cm³/mol. The predicted octanol–water partition coefficient (Wildman–Crippen LogP) is 0.663. The van der Waals surface area contributed by atoms with E-state index < -0.39 is 0 Å². The van der Waals surface area contributed by atoms with Crippen molar-refractivity contribution in [2.24, 2.45) is 0 Å². The molecule has 9 heavy (non-hydrogen) atoms. The number of hydrogen-bond acceptors (Lipinski definition) is 2. The Morgan fingerprint density at radius 1 is 1.56 bits per heavy atom. The molecule has 1 aliphatic carbocycles. The Morgan fingerprint density at radius 3 is 2.78 bits per heavy atom. The molecule has 2 nitrogen and oxygen atoms in total. The summed E-state index contributed by atoms with van der Waals surface area (Å²) in [6.07, 6.45) is 4.55. The van der Waals surface area contributed by atoms with Gasteiger partial charge in [-0.05, 0) is 12.5 Å². The highest BCUT2D eigenvalue weighted by atomic mass is 16.1. The zero-order valence-electron chi connectivity index (χ0n) is 4.89. The monoisotopic (exact) mass is 122 g/mol. The molecule has 0 fully saturated rings. The lowest BCUT2D eigenvalue weighted by atomic mass is 10.0. The fourth-order valence-electron chi connectivity index (χ4n) is 0.734. The van der Waals surface area contributed by atoms with E-state index in [2.05, 4.69) is 0 Å². The SMILES string of the molecule is O=C=C1C=CCCC1=O. The molecule has 0 bridgehead atoms. The Hall–Kier alpha value is -1.14. The number of hydrogen-bond donors (Lipinski definition) is 0. The summed E-state index contributed by atoms with van der Waals surface area (Å²) in [5.74, 6) is 1.49. The fraction of sp³-hybridized carbons (Fsp3) is 0.286. The van der Waals surface area contributed by atoms with Gasteiger partial charge in [0.15, 0.2) is 5.78 Å². The Labute approximate surface area is 52.9 Å². The molecule has 1 aliphatic rings. The Balaban J connectivity index is 2.94. The Kier molecular flexibility index (Phi) is 1.61. The molecule has 0 saturated carbocycles. The molecular formula is C7H6O2. The summed E-state index contributed by atoms with van der Waals surface area (Å²) in [4.78, 5) is 20.6. The molecule has 0 aromatic rings. The number of Topliss-reactive ketones (excluding diaryl/α,β-unsaturated/α-hetero) is 1. The maximum absolute atomic E-state index is 10.7. The van der Waals surface area contributed by atoms with Gasteiger partial charge < -0.3 is 0 Å². The minimum atomic E-state index is -0.0903. The molecule has 0 N–H and O–H groups in total. The third kappa shape index (κ3) is 1.15. The van der Waals surface area contributed by atoms with Crippen LogP contribution >= 0.6 is 0 Å². The topological polar surface area (TPSA) is 34.1 Å². The lowest BCUT2D eigenvalue weighted by Gasteiger charge is -1.99. The number of rotatable bonds is 0. The smallest absolute Gasteiger partial charge is 0.174 e. The zero-order valence-corrected chi connectivity index (χ0v) is 4.89. The summed E-state index contributed by atoms with van der Waals surface area (Å²) in [7, 11) is 0. The molecule has 0 amide bonds. The lowest BCUT2D eigenvalue weighted by molar-refractivity contribution is -0.115. The van der Waals surface area contributed by atoms with Crippen molar-refractivity contribution in [3.63, 3.8) is 0 Å². The van der Waals surface area contributed by atoms with Gasteiger partial charge in [-0.1, -0.05) is 6.08 Å². The molecule has 0 aliphatic heterocycles. The molecule has 0 heterocycles. The Bertz CT molecular complexity index is 207. The van der Waals surface area contributed by atoms with Crippen LogP contribution in [0.1, 0.15) is 12.8 Å². The maximum atomic E-state index is 10.7.